The van der Waals surface area contributed by atoms with Crippen molar-refractivity contribution in [2.24, 2.45) is 0 Å². The maximum atomic E-state index is 13.3. The SMILES string of the molecule is O=C1CN(Cc2cc(C(F)(F)F)ccc2Oc2ccc(-c3cccc(CCO)n3)cc2)CCN1. The number of rotatable bonds is 7. The molecule has 1 saturated heterocycles. The second-order valence-electron chi connectivity index (χ2n) is 8.00. The van der Waals surface area contributed by atoms with E-state index in [9.17, 15) is 18.0 Å². The molecule has 9 heteroatoms. The van der Waals surface area contributed by atoms with Crippen LogP contribution in [0.25, 0.3) is 11.3 Å². The number of carbonyl (C=O) groups is 1. The van der Waals surface area contributed by atoms with Gasteiger partial charge in [-0.15, -0.1) is 0 Å². The van der Waals surface area contributed by atoms with Crippen LogP contribution < -0.4 is 10.1 Å². The maximum absolute atomic E-state index is 13.3. The van der Waals surface area contributed by atoms with Crippen molar-refractivity contribution in [3.05, 3.63) is 77.5 Å². The van der Waals surface area contributed by atoms with E-state index in [0.717, 1.165) is 29.1 Å². The van der Waals surface area contributed by atoms with Crippen molar-refractivity contribution in [2.45, 2.75) is 19.1 Å². The number of alkyl halides is 3. The van der Waals surface area contributed by atoms with E-state index in [1.54, 1.807) is 17.0 Å². The Morgan fingerprint density at radius 1 is 1.09 bits per heavy atom. The summed E-state index contributed by atoms with van der Waals surface area (Å²) in [4.78, 5) is 18.0. The summed E-state index contributed by atoms with van der Waals surface area (Å²) < 4.78 is 45.9. The molecule has 2 aromatic carbocycles. The molecular formula is C25H24F3N3O3. The standard InChI is InChI=1S/C25H24F3N3O3/c26-25(27,28)19-6-9-23(18(14-19)15-31-12-11-29-24(33)16-31)34-21-7-4-17(5-8-21)22-3-1-2-20(30-22)10-13-32/h1-9,14,32H,10-13,15-16H2,(H,29,33). The number of aliphatic hydroxyl groups excluding tert-OH is 1. The van der Waals surface area contributed by atoms with E-state index in [1.807, 2.05) is 30.3 Å². The number of nitrogens with zero attached hydrogens (tertiary/aromatic N) is 2. The maximum Gasteiger partial charge on any atom is 0.416 e. The number of aromatic nitrogens is 1. The topological polar surface area (TPSA) is 74.7 Å². The molecule has 0 saturated carbocycles. The van der Waals surface area contributed by atoms with Crippen molar-refractivity contribution in [3.8, 4) is 22.8 Å². The van der Waals surface area contributed by atoms with Gasteiger partial charge in [-0.2, -0.15) is 13.2 Å². The largest absolute Gasteiger partial charge is 0.457 e. The summed E-state index contributed by atoms with van der Waals surface area (Å²) in [6.07, 6.45) is -4.02. The minimum absolute atomic E-state index is 0.0147. The van der Waals surface area contributed by atoms with E-state index in [0.29, 0.717) is 36.6 Å². The Hall–Kier alpha value is -3.43. The van der Waals surface area contributed by atoms with Gasteiger partial charge in [-0.1, -0.05) is 6.07 Å². The fourth-order valence-corrected chi connectivity index (χ4v) is 3.76. The van der Waals surface area contributed by atoms with Crippen LogP contribution in [0.4, 0.5) is 13.2 Å². The van der Waals surface area contributed by atoms with Gasteiger partial charge in [0.1, 0.15) is 11.5 Å². The normalized spacial score (nSPS) is 14.6. The van der Waals surface area contributed by atoms with Crippen molar-refractivity contribution in [3.63, 3.8) is 0 Å². The molecule has 0 bridgehead atoms. The Labute approximate surface area is 195 Å². The third-order valence-electron chi connectivity index (χ3n) is 5.45. The molecule has 0 spiro atoms. The first-order valence-electron chi connectivity index (χ1n) is 10.9. The van der Waals surface area contributed by atoms with E-state index in [1.165, 1.54) is 6.07 Å². The Balaban J connectivity index is 1.56. The van der Waals surface area contributed by atoms with Crippen LogP contribution in [0.5, 0.6) is 11.5 Å². The lowest BCUT2D eigenvalue weighted by Gasteiger charge is -2.27. The summed E-state index contributed by atoms with van der Waals surface area (Å²) in [6.45, 7) is 1.28. The molecule has 6 nitrogen and oxygen atoms in total. The van der Waals surface area contributed by atoms with Crippen LogP contribution in [-0.2, 0) is 23.9 Å². The fraction of sp³-hybridized carbons (Fsp3) is 0.280. The molecule has 4 rings (SSSR count). The Kier molecular flexibility index (Phi) is 7.14. The monoisotopic (exact) mass is 471 g/mol. The van der Waals surface area contributed by atoms with Crippen LogP contribution in [0.1, 0.15) is 16.8 Å². The number of hydrogen-bond donors (Lipinski definition) is 2. The van der Waals surface area contributed by atoms with Gasteiger partial charge in [0, 0.05) is 49.5 Å². The molecule has 34 heavy (non-hydrogen) atoms. The number of aliphatic hydroxyl groups is 1. The summed E-state index contributed by atoms with van der Waals surface area (Å²) in [6, 6.07) is 16.0. The zero-order valence-corrected chi connectivity index (χ0v) is 18.3. The quantitative estimate of drug-likeness (QED) is 0.545. The van der Waals surface area contributed by atoms with Crippen molar-refractivity contribution in [1.82, 2.24) is 15.2 Å². The average molecular weight is 471 g/mol. The van der Waals surface area contributed by atoms with Crippen molar-refractivity contribution >= 4 is 5.91 Å². The van der Waals surface area contributed by atoms with E-state index in [-0.39, 0.29) is 25.6 Å². The summed E-state index contributed by atoms with van der Waals surface area (Å²) in [5.41, 5.74) is 1.96. The van der Waals surface area contributed by atoms with Crippen LogP contribution in [-0.4, -0.2) is 47.1 Å². The fourth-order valence-electron chi connectivity index (χ4n) is 3.76. The lowest BCUT2D eigenvalue weighted by molar-refractivity contribution is -0.137. The van der Waals surface area contributed by atoms with Crippen LogP contribution in [0.15, 0.2) is 60.7 Å². The van der Waals surface area contributed by atoms with Crippen molar-refractivity contribution < 1.29 is 27.8 Å². The van der Waals surface area contributed by atoms with E-state index < -0.39 is 11.7 Å². The average Bonchev–Trinajstić information content (AvgIpc) is 2.80. The molecule has 0 radical (unpaired) electrons. The van der Waals surface area contributed by atoms with Crippen molar-refractivity contribution in [1.29, 1.82) is 0 Å². The number of amides is 1. The molecule has 0 atom stereocenters. The van der Waals surface area contributed by atoms with Crippen LogP contribution in [0.2, 0.25) is 0 Å². The number of piperazine rings is 1. The van der Waals surface area contributed by atoms with E-state index >= 15 is 0 Å². The third-order valence-corrected chi connectivity index (χ3v) is 5.45. The molecule has 2 N–H and O–H groups in total. The van der Waals surface area contributed by atoms with Gasteiger partial charge in [0.25, 0.3) is 0 Å². The second kappa shape index (κ2) is 10.2. The molecule has 1 aliphatic heterocycles. The number of benzene rings is 2. The highest BCUT2D eigenvalue weighted by atomic mass is 19.4. The Morgan fingerprint density at radius 2 is 1.88 bits per heavy atom. The highest BCUT2D eigenvalue weighted by molar-refractivity contribution is 5.78. The van der Waals surface area contributed by atoms with Crippen LogP contribution in [0.3, 0.4) is 0 Å². The molecular weight excluding hydrogens is 447 g/mol. The summed E-state index contributed by atoms with van der Waals surface area (Å²) >= 11 is 0. The molecule has 0 unspecified atom stereocenters. The van der Waals surface area contributed by atoms with Gasteiger partial charge in [-0.05, 0) is 54.6 Å². The van der Waals surface area contributed by atoms with Gasteiger partial charge in [0.15, 0.2) is 0 Å². The van der Waals surface area contributed by atoms with Gasteiger partial charge in [0.2, 0.25) is 5.91 Å². The molecule has 1 amide bonds. The zero-order chi connectivity index (χ0) is 24.1. The molecule has 1 aliphatic rings. The van der Waals surface area contributed by atoms with Crippen LogP contribution in [0, 0.1) is 0 Å². The number of pyridine rings is 1. The molecule has 178 valence electrons. The highest BCUT2D eigenvalue weighted by Crippen LogP contribution is 2.35. The number of nitrogens with one attached hydrogen (secondary N) is 1. The number of hydrogen-bond acceptors (Lipinski definition) is 5. The highest BCUT2D eigenvalue weighted by Gasteiger charge is 2.31. The first-order chi connectivity index (χ1) is 16.3. The number of carbonyl (C=O) groups excluding carboxylic acids is 1. The van der Waals surface area contributed by atoms with Crippen molar-refractivity contribution in [2.75, 3.05) is 26.2 Å². The summed E-state index contributed by atoms with van der Waals surface area (Å²) in [5, 5.41) is 11.8. The second-order valence-corrected chi connectivity index (χ2v) is 8.00. The summed E-state index contributed by atoms with van der Waals surface area (Å²) in [5.74, 6) is 0.607. The number of halogens is 3. The molecule has 1 fully saturated rings. The van der Waals surface area contributed by atoms with Gasteiger partial charge in [-0.3, -0.25) is 14.7 Å². The Morgan fingerprint density at radius 3 is 2.59 bits per heavy atom. The third kappa shape index (κ3) is 5.92. The lowest BCUT2D eigenvalue weighted by Crippen LogP contribution is -2.47. The first kappa shape index (κ1) is 23.7. The first-order valence-corrected chi connectivity index (χ1v) is 10.9. The zero-order valence-electron chi connectivity index (χ0n) is 18.3. The predicted molar refractivity (Wildman–Crippen MR) is 120 cm³/mol. The van der Waals surface area contributed by atoms with Gasteiger partial charge in [-0.25, -0.2) is 0 Å². The smallest absolute Gasteiger partial charge is 0.416 e. The summed E-state index contributed by atoms with van der Waals surface area (Å²) in [7, 11) is 0. The van der Waals surface area contributed by atoms with Gasteiger partial charge >= 0.3 is 6.18 Å². The molecule has 0 aliphatic carbocycles. The van der Waals surface area contributed by atoms with Gasteiger partial charge in [0.05, 0.1) is 17.8 Å². The van der Waals surface area contributed by atoms with E-state index in [4.69, 9.17) is 9.84 Å². The predicted octanol–water partition coefficient (Wildman–Crippen LogP) is 4.03. The van der Waals surface area contributed by atoms with Crippen LogP contribution >= 0.6 is 0 Å². The lowest BCUT2D eigenvalue weighted by atomic mass is 10.1. The molecule has 3 aromatic rings. The van der Waals surface area contributed by atoms with Gasteiger partial charge < -0.3 is 15.2 Å². The molecule has 1 aromatic heterocycles. The Bertz CT molecular complexity index is 1150. The minimum atomic E-state index is -4.48. The number of ether oxygens (including phenoxy) is 1. The van der Waals surface area contributed by atoms with E-state index in [2.05, 4.69) is 10.3 Å². The molecule has 2 heterocycles. The minimum Gasteiger partial charge on any atom is -0.457 e.